The summed E-state index contributed by atoms with van der Waals surface area (Å²) in [6.07, 6.45) is 1.91. The molecule has 1 heterocycles. The van der Waals surface area contributed by atoms with Crippen molar-refractivity contribution >= 4 is 23.2 Å². The Bertz CT molecular complexity index is 1110. The monoisotopic (exact) mass is 427 g/mol. The van der Waals surface area contributed by atoms with Gasteiger partial charge in [-0.15, -0.1) is 0 Å². The van der Waals surface area contributed by atoms with Gasteiger partial charge < -0.3 is 15.5 Å². The summed E-state index contributed by atoms with van der Waals surface area (Å²) < 4.78 is 0. The van der Waals surface area contributed by atoms with Crippen molar-refractivity contribution < 1.29 is 9.59 Å². The molecule has 1 atom stereocenters. The predicted molar refractivity (Wildman–Crippen MR) is 129 cm³/mol. The van der Waals surface area contributed by atoms with Crippen molar-refractivity contribution in [3.05, 3.63) is 95.1 Å². The van der Waals surface area contributed by atoms with Crippen molar-refractivity contribution in [3.8, 4) is 0 Å². The number of carbonyl (C=O) groups is 2. The van der Waals surface area contributed by atoms with E-state index in [0.29, 0.717) is 16.8 Å². The summed E-state index contributed by atoms with van der Waals surface area (Å²) in [6, 6.07) is 23.3. The summed E-state index contributed by atoms with van der Waals surface area (Å²) in [6.45, 7) is 5.81. The molecule has 5 nitrogen and oxygen atoms in total. The molecule has 4 rings (SSSR count). The Morgan fingerprint density at radius 2 is 1.66 bits per heavy atom. The predicted octanol–water partition coefficient (Wildman–Crippen LogP) is 5.03. The van der Waals surface area contributed by atoms with E-state index in [1.165, 1.54) is 11.3 Å². The minimum atomic E-state index is -0.230. The molecule has 1 aliphatic heterocycles. The number of benzene rings is 3. The number of amides is 2. The minimum absolute atomic E-state index is 0.0707. The van der Waals surface area contributed by atoms with Crippen LogP contribution in [0.2, 0.25) is 0 Å². The average Bonchev–Trinajstić information content (AvgIpc) is 3.22. The molecule has 0 spiro atoms. The molecule has 2 amide bonds. The molecule has 3 aromatic carbocycles. The second-order valence-electron chi connectivity index (χ2n) is 8.28. The second-order valence-corrected chi connectivity index (χ2v) is 8.28. The fourth-order valence-corrected chi connectivity index (χ4v) is 3.94. The summed E-state index contributed by atoms with van der Waals surface area (Å²) in [5, 5.41) is 5.85. The van der Waals surface area contributed by atoms with E-state index in [0.717, 1.165) is 31.5 Å². The van der Waals surface area contributed by atoms with Gasteiger partial charge in [-0.3, -0.25) is 9.59 Å². The van der Waals surface area contributed by atoms with Gasteiger partial charge in [0.05, 0.1) is 11.3 Å². The van der Waals surface area contributed by atoms with E-state index >= 15 is 0 Å². The summed E-state index contributed by atoms with van der Waals surface area (Å²) in [5.74, 6) is -0.414. The first-order valence-electron chi connectivity index (χ1n) is 11.2. The zero-order valence-electron chi connectivity index (χ0n) is 18.6. The standard InChI is InChI=1S/C27H29N3O2/c1-3-19(2)28-27(32)23-9-5-6-10-24(23)29-26(31)22-14-12-20(13-15-22)18-30-17-16-21-8-4-7-11-25(21)30/h4-15,19H,3,16-18H2,1-2H3,(H,28,32)(H,29,31). The molecule has 0 aliphatic carbocycles. The summed E-state index contributed by atoms with van der Waals surface area (Å²) in [5.41, 5.74) is 5.38. The van der Waals surface area contributed by atoms with Gasteiger partial charge >= 0.3 is 0 Å². The van der Waals surface area contributed by atoms with Crippen molar-refractivity contribution in [2.75, 3.05) is 16.8 Å². The first kappa shape index (κ1) is 21.6. The highest BCUT2D eigenvalue weighted by molar-refractivity contribution is 6.09. The van der Waals surface area contributed by atoms with Gasteiger partial charge in [-0.05, 0) is 61.2 Å². The van der Waals surface area contributed by atoms with Crippen LogP contribution in [0.3, 0.4) is 0 Å². The highest BCUT2D eigenvalue weighted by atomic mass is 16.2. The van der Waals surface area contributed by atoms with Crippen LogP contribution in [-0.2, 0) is 13.0 Å². The van der Waals surface area contributed by atoms with Gasteiger partial charge in [-0.1, -0.05) is 49.4 Å². The highest BCUT2D eigenvalue weighted by Crippen LogP contribution is 2.28. The third-order valence-corrected chi connectivity index (χ3v) is 5.98. The van der Waals surface area contributed by atoms with E-state index in [4.69, 9.17) is 0 Å². The molecule has 32 heavy (non-hydrogen) atoms. The SMILES string of the molecule is CCC(C)NC(=O)c1ccccc1NC(=O)c1ccc(CN2CCc3ccccc32)cc1. The van der Waals surface area contributed by atoms with Crippen LogP contribution >= 0.6 is 0 Å². The molecular formula is C27H29N3O2. The third-order valence-electron chi connectivity index (χ3n) is 5.98. The minimum Gasteiger partial charge on any atom is -0.367 e. The average molecular weight is 428 g/mol. The fourth-order valence-electron chi connectivity index (χ4n) is 3.94. The molecule has 0 fully saturated rings. The van der Waals surface area contributed by atoms with E-state index in [1.54, 1.807) is 18.2 Å². The third kappa shape index (κ3) is 4.83. The Hall–Kier alpha value is -3.60. The smallest absolute Gasteiger partial charge is 0.255 e. The molecule has 3 aromatic rings. The Kier molecular flexibility index (Phi) is 6.55. The number of nitrogens with one attached hydrogen (secondary N) is 2. The van der Waals surface area contributed by atoms with Gasteiger partial charge in [-0.25, -0.2) is 0 Å². The quantitative estimate of drug-likeness (QED) is 0.556. The van der Waals surface area contributed by atoms with Gasteiger partial charge in [0.25, 0.3) is 11.8 Å². The van der Waals surface area contributed by atoms with Crippen LogP contribution in [-0.4, -0.2) is 24.4 Å². The number of anilines is 2. The molecule has 0 radical (unpaired) electrons. The topological polar surface area (TPSA) is 61.4 Å². The Balaban J connectivity index is 1.42. The lowest BCUT2D eigenvalue weighted by molar-refractivity contribution is 0.0940. The molecule has 2 N–H and O–H groups in total. The first-order chi connectivity index (χ1) is 15.5. The Morgan fingerprint density at radius 1 is 0.938 bits per heavy atom. The van der Waals surface area contributed by atoms with E-state index in [2.05, 4.69) is 39.8 Å². The van der Waals surface area contributed by atoms with Crippen LogP contribution in [0.1, 0.15) is 52.1 Å². The highest BCUT2D eigenvalue weighted by Gasteiger charge is 2.19. The molecule has 5 heteroatoms. The van der Waals surface area contributed by atoms with Crippen LogP contribution in [0.25, 0.3) is 0 Å². The zero-order valence-corrected chi connectivity index (χ0v) is 18.6. The lowest BCUT2D eigenvalue weighted by atomic mass is 10.1. The van der Waals surface area contributed by atoms with Gasteiger partial charge in [-0.2, -0.15) is 0 Å². The number of fused-ring (bicyclic) bond motifs is 1. The molecule has 1 unspecified atom stereocenters. The van der Waals surface area contributed by atoms with Gasteiger partial charge in [0.1, 0.15) is 0 Å². The summed E-state index contributed by atoms with van der Waals surface area (Å²) >= 11 is 0. The van der Waals surface area contributed by atoms with Crippen LogP contribution in [0, 0.1) is 0 Å². The van der Waals surface area contributed by atoms with Crippen molar-refractivity contribution in [2.24, 2.45) is 0 Å². The lowest BCUT2D eigenvalue weighted by Crippen LogP contribution is -2.32. The van der Waals surface area contributed by atoms with Crippen LogP contribution in [0.5, 0.6) is 0 Å². The normalized spacial score (nSPS) is 13.4. The van der Waals surface area contributed by atoms with E-state index in [9.17, 15) is 9.59 Å². The molecule has 0 bridgehead atoms. The van der Waals surface area contributed by atoms with Gasteiger partial charge in [0.15, 0.2) is 0 Å². The van der Waals surface area contributed by atoms with E-state index in [-0.39, 0.29) is 17.9 Å². The maximum Gasteiger partial charge on any atom is 0.255 e. The molecule has 0 aromatic heterocycles. The molecule has 0 saturated heterocycles. The Labute approximate surface area is 189 Å². The maximum absolute atomic E-state index is 12.8. The fraction of sp³-hybridized carbons (Fsp3) is 0.259. The van der Waals surface area contributed by atoms with E-state index < -0.39 is 0 Å². The van der Waals surface area contributed by atoms with Crippen LogP contribution < -0.4 is 15.5 Å². The molecule has 1 aliphatic rings. The largest absolute Gasteiger partial charge is 0.367 e. The molecule has 164 valence electrons. The lowest BCUT2D eigenvalue weighted by Gasteiger charge is -2.19. The number of nitrogens with zero attached hydrogens (tertiary/aromatic N) is 1. The number of hydrogen-bond acceptors (Lipinski definition) is 3. The van der Waals surface area contributed by atoms with Gasteiger partial charge in [0.2, 0.25) is 0 Å². The van der Waals surface area contributed by atoms with Crippen molar-refractivity contribution in [3.63, 3.8) is 0 Å². The summed E-state index contributed by atoms with van der Waals surface area (Å²) in [4.78, 5) is 27.8. The maximum atomic E-state index is 12.8. The molecular weight excluding hydrogens is 398 g/mol. The molecule has 0 saturated carbocycles. The van der Waals surface area contributed by atoms with Crippen molar-refractivity contribution in [2.45, 2.75) is 39.3 Å². The number of hydrogen-bond donors (Lipinski definition) is 2. The summed E-state index contributed by atoms with van der Waals surface area (Å²) in [7, 11) is 0. The second kappa shape index (κ2) is 9.69. The zero-order chi connectivity index (χ0) is 22.5. The van der Waals surface area contributed by atoms with Crippen LogP contribution in [0.15, 0.2) is 72.8 Å². The number of para-hydroxylation sites is 2. The van der Waals surface area contributed by atoms with Crippen LogP contribution in [0.4, 0.5) is 11.4 Å². The Morgan fingerprint density at radius 3 is 2.44 bits per heavy atom. The number of carbonyl (C=O) groups excluding carboxylic acids is 2. The number of rotatable bonds is 7. The van der Waals surface area contributed by atoms with Gasteiger partial charge in [0, 0.05) is 30.4 Å². The van der Waals surface area contributed by atoms with Crippen molar-refractivity contribution in [1.82, 2.24) is 5.32 Å². The van der Waals surface area contributed by atoms with Crippen molar-refractivity contribution in [1.29, 1.82) is 0 Å². The first-order valence-corrected chi connectivity index (χ1v) is 11.2. The van der Waals surface area contributed by atoms with E-state index in [1.807, 2.05) is 44.2 Å².